The molecule has 0 saturated heterocycles. The standard InChI is InChI=1S/C22H23Cl2N3O3S2/c1-27(22(30)15(28)10-31-2)20-13-6-4-3-5-11(13)7-14(20)26-17(29)9-12-8-16-19(25-12)18(23)21(24)32-16/h3-6,8,14-15,20,25,28H,7,9-10H2,1-2H3,(H,26,29)/t14-,15+,20-/m1/s1. The summed E-state index contributed by atoms with van der Waals surface area (Å²) < 4.78 is 1.42. The first kappa shape index (κ1) is 23.4. The van der Waals surface area contributed by atoms with E-state index < -0.39 is 6.10 Å². The van der Waals surface area contributed by atoms with E-state index in [2.05, 4.69) is 10.3 Å². The van der Waals surface area contributed by atoms with Crippen molar-refractivity contribution in [3.63, 3.8) is 0 Å². The fourth-order valence-corrected chi connectivity index (χ4v) is 6.25. The lowest BCUT2D eigenvalue weighted by Gasteiger charge is -2.32. The number of hydrogen-bond donors (Lipinski definition) is 3. The second-order valence-electron chi connectivity index (χ2n) is 7.84. The first-order chi connectivity index (χ1) is 15.3. The van der Waals surface area contributed by atoms with Gasteiger partial charge in [0, 0.05) is 18.5 Å². The van der Waals surface area contributed by atoms with E-state index in [1.165, 1.54) is 23.1 Å². The molecule has 1 aromatic carbocycles. The van der Waals surface area contributed by atoms with Crippen LogP contribution in [0.4, 0.5) is 0 Å². The van der Waals surface area contributed by atoms with E-state index in [1.807, 2.05) is 36.6 Å². The highest BCUT2D eigenvalue weighted by molar-refractivity contribution is 7.98. The summed E-state index contributed by atoms with van der Waals surface area (Å²) in [7, 11) is 1.68. The fourth-order valence-electron chi connectivity index (χ4n) is 4.28. The van der Waals surface area contributed by atoms with E-state index in [9.17, 15) is 14.7 Å². The molecule has 0 spiro atoms. The number of carbonyl (C=O) groups is 2. The van der Waals surface area contributed by atoms with Crippen molar-refractivity contribution in [2.75, 3.05) is 19.1 Å². The number of nitrogens with one attached hydrogen (secondary N) is 2. The van der Waals surface area contributed by atoms with Gasteiger partial charge in [-0.1, -0.05) is 47.5 Å². The lowest BCUT2D eigenvalue weighted by molar-refractivity contribution is -0.141. The van der Waals surface area contributed by atoms with E-state index in [0.29, 0.717) is 21.5 Å². The highest BCUT2D eigenvalue weighted by Crippen LogP contribution is 2.39. The SMILES string of the molecule is CSC[C@H](O)C(=O)N(C)[C@@H]1c2ccccc2C[C@H]1NC(=O)Cc1cc2sc(Cl)c(Cl)c2[nH]1. The number of carbonyl (C=O) groups excluding carboxylic acids is 2. The van der Waals surface area contributed by atoms with Gasteiger partial charge < -0.3 is 20.3 Å². The Morgan fingerprint density at radius 1 is 1.38 bits per heavy atom. The zero-order valence-corrected chi connectivity index (χ0v) is 20.7. The fraction of sp³-hybridized carbons (Fsp3) is 0.364. The van der Waals surface area contributed by atoms with Gasteiger partial charge in [0.2, 0.25) is 5.91 Å². The van der Waals surface area contributed by atoms with Crippen molar-refractivity contribution in [2.45, 2.75) is 31.0 Å². The third kappa shape index (κ3) is 4.52. The molecule has 3 N–H and O–H groups in total. The number of thiophene rings is 1. The van der Waals surface area contributed by atoms with Gasteiger partial charge in [-0.2, -0.15) is 11.8 Å². The Hall–Kier alpha value is -1.71. The largest absolute Gasteiger partial charge is 0.382 e. The van der Waals surface area contributed by atoms with Gasteiger partial charge >= 0.3 is 0 Å². The Kier molecular flexibility index (Phi) is 7.07. The van der Waals surface area contributed by atoms with Gasteiger partial charge in [0.05, 0.1) is 33.7 Å². The molecular weight excluding hydrogens is 489 g/mol. The zero-order chi connectivity index (χ0) is 23.0. The van der Waals surface area contributed by atoms with Crippen molar-refractivity contribution in [2.24, 2.45) is 0 Å². The van der Waals surface area contributed by atoms with Gasteiger partial charge in [-0.25, -0.2) is 0 Å². The van der Waals surface area contributed by atoms with Crippen LogP contribution in [-0.4, -0.2) is 58.0 Å². The van der Waals surface area contributed by atoms with Gasteiger partial charge in [-0.3, -0.25) is 9.59 Å². The molecule has 3 atom stereocenters. The van der Waals surface area contributed by atoms with Crippen molar-refractivity contribution in [3.05, 3.63) is 56.5 Å². The number of halogens is 2. The molecule has 32 heavy (non-hydrogen) atoms. The topological polar surface area (TPSA) is 85.4 Å². The van der Waals surface area contributed by atoms with E-state index in [0.717, 1.165) is 27.0 Å². The van der Waals surface area contributed by atoms with Crippen molar-refractivity contribution in [1.29, 1.82) is 0 Å². The van der Waals surface area contributed by atoms with Crippen LogP contribution in [0.3, 0.4) is 0 Å². The molecule has 0 bridgehead atoms. The minimum absolute atomic E-state index is 0.154. The highest BCUT2D eigenvalue weighted by atomic mass is 35.5. The molecule has 3 aromatic rings. The summed E-state index contributed by atoms with van der Waals surface area (Å²) in [5.41, 5.74) is 3.56. The molecule has 2 amide bonds. The van der Waals surface area contributed by atoms with Crippen LogP contribution in [0.25, 0.3) is 10.2 Å². The maximum Gasteiger partial charge on any atom is 0.252 e. The van der Waals surface area contributed by atoms with Gasteiger partial charge in [0.25, 0.3) is 5.91 Å². The van der Waals surface area contributed by atoms with Gasteiger partial charge in [0.15, 0.2) is 0 Å². The van der Waals surface area contributed by atoms with Crippen molar-refractivity contribution >= 4 is 68.3 Å². The molecule has 0 saturated carbocycles. The summed E-state index contributed by atoms with van der Waals surface area (Å²) in [5.74, 6) is -0.184. The van der Waals surface area contributed by atoms with Crippen LogP contribution >= 0.6 is 46.3 Å². The third-order valence-corrected chi connectivity index (χ3v) is 8.28. The number of benzene rings is 1. The van der Waals surface area contributed by atoms with E-state index >= 15 is 0 Å². The van der Waals surface area contributed by atoms with Crippen LogP contribution in [0, 0.1) is 0 Å². The second-order valence-corrected chi connectivity index (χ2v) is 10.8. The molecule has 0 aliphatic heterocycles. The molecule has 6 nitrogen and oxygen atoms in total. The summed E-state index contributed by atoms with van der Waals surface area (Å²) in [4.78, 5) is 30.4. The Morgan fingerprint density at radius 2 is 2.12 bits per heavy atom. The Balaban J connectivity index is 1.51. The third-order valence-electron chi connectivity index (χ3n) is 5.70. The number of fused-ring (bicyclic) bond motifs is 2. The number of aliphatic hydroxyl groups is 1. The van der Waals surface area contributed by atoms with Crippen LogP contribution in [0.15, 0.2) is 30.3 Å². The normalized spacial score (nSPS) is 18.5. The van der Waals surface area contributed by atoms with Crippen molar-refractivity contribution < 1.29 is 14.7 Å². The maximum atomic E-state index is 12.9. The lowest BCUT2D eigenvalue weighted by atomic mass is 10.0. The number of thioether (sulfide) groups is 1. The van der Waals surface area contributed by atoms with Crippen LogP contribution in [0.5, 0.6) is 0 Å². The lowest BCUT2D eigenvalue weighted by Crippen LogP contribution is -2.48. The second kappa shape index (κ2) is 9.65. The predicted octanol–water partition coefficient (Wildman–Crippen LogP) is 4.04. The van der Waals surface area contributed by atoms with E-state index in [-0.39, 0.29) is 30.3 Å². The first-order valence-electron chi connectivity index (χ1n) is 10.1. The van der Waals surface area contributed by atoms with E-state index in [4.69, 9.17) is 23.2 Å². The van der Waals surface area contributed by atoms with Crippen LogP contribution < -0.4 is 5.32 Å². The number of aromatic nitrogens is 1. The molecule has 2 heterocycles. The Morgan fingerprint density at radius 3 is 2.84 bits per heavy atom. The number of nitrogens with zero attached hydrogens (tertiary/aromatic N) is 1. The zero-order valence-electron chi connectivity index (χ0n) is 17.5. The monoisotopic (exact) mass is 511 g/mol. The van der Waals surface area contributed by atoms with Gasteiger partial charge in [-0.15, -0.1) is 11.3 Å². The molecule has 2 aromatic heterocycles. The van der Waals surface area contributed by atoms with Crippen LogP contribution in [-0.2, 0) is 22.4 Å². The summed E-state index contributed by atoms with van der Waals surface area (Å²) in [6.45, 7) is 0. The summed E-state index contributed by atoms with van der Waals surface area (Å²) >= 11 is 15.0. The van der Waals surface area contributed by atoms with Crippen molar-refractivity contribution in [3.8, 4) is 0 Å². The number of aliphatic hydroxyl groups excluding tert-OH is 1. The number of H-pyrrole nitrogens is 1. The number of hydrogen-bond acceptors (Lipinski definition) is 5. The number of amides is 2. The minimum atomic E-state index is -1.08. The first-order valence-corrected chi connectivity index (χ1v) is 13.0. The molecule has 170 valence electrons. The Labute approximate surface area is 204 Å². The molecule has 1 aliphatic rings. The maximum absolute atomic E-state index is 12.9. The average molecular weight is 512 g/mol. The summed E-state index contributed by atoms with van der Waals surface area (Å²) in [6, 6.07) is 9.10. The number of likely N-dealkylation sites (N-methyl/N-ethyl adjacent to an activating group) is 1. The molecule has 0 radical (unpaired) electrons. The molecule has 1 aliphatic carbocycles. The van der Waals surface area contributed by atoms with Gasteiger partial charge in [-0.05, 0) is 29.9 Å². The average Bonchev–Trinajstić information content (AvgIpc) is 3.39. The molecule has 4 rings (SSSR count). The number of aromatic amines is 1. The molecule has 0 unspecified atom stereocenters. The quantitative estimate of drug-likeness (QED) is 0.446. The summed E-state index contributed by atoms with van der Waals surface area (Å²) in [6.07, 6.45) is 1.53. The molecular formula is C22H23Cl2N3O3S2. The van der Waals surface area contributed by atoms with Crippen molar-refractivity contribution in [1.82, 2.24) is 15.2 Å². The highest BCUT2D eigenvalue weighted by Gasteiger charge is 2.39. The number of rotatable bonds is 7. The van der Waals surface area contributed by atoms with Crippen LogP contribution in [0.1, 0.15) is 22.9 Å². The Bertz CT molecular complexity index is 1160. The van der Waals surface area contributed by atoms with Crippen LogP contribution in [0.2, 0.25) is 9.36 Å². The molecule has 0 fully saturated rings. The van der Waals surface area contributed by atoms with E-state index in [1.54, 1.807) is 11.9 Å². The van der Waals surface area contributed by atoms with Gasteiger partial charge in [0.1, 0.15) is 10.4 Å². The minimum Gasteiger partial charge on any atom is -0.382 e. The predicted molar refractivity (Wildman–Crippen MR) is 132 cm³/mol. The summed E-state index contributed by atoms with van der Waals surface area (Å²) in [5, 5.41) is 13.8. The smallest absolute Gasteiger partial charge is 0.252 e. The molecule has 10 heteroatoms.